The highest BCUT2D eigenvalue weighted by atomic mass is 16.7. The summed E-state index contributed by atoms with van der Waals surface area (Å²) in [6, 6.07) is 0. The van der Waals surface area contributed by atoms with Crippen LogP contribution in [0.4, 0.5) is 0 Å². The quantitative estimate of drug-likeness (QED) is 0.521. The molecule has 0 amide bonds. The molecule has 0 spiro atoms. The van der Waals surface area contributed by atoms with Crippen molar-refractivity contribution < 1.29 is 42.9 Å². The van der Waals surface area contributed by atoms with Crippen molar-refractivity contribution in [2.75, 3.05) is 0 Å². The van der Waals surface area contributed by atoms with Gasteiger partial charge in [0, 0.05) is 27.7 Å². The van der Waals surface area contributed by atoms with Gasteiger partial charge in [0.25, 0.3) is 0 Å². The van der Waals surface area contributed by atoms with Crippen molar-refractivity contribution in [3.63, 3.8) is 0 Å². The van der Waals surface area contributed by atoms with Crippen LogP contribution in [0.5, 0.6) is 0 Å². The number of hydrogen-bond donors (Lipinski definition) is 0. The molecule has 1 saturated heterocycles. The number of esters is 4. The third-order valence-electron chi connectivity index (χ3n) is 2.92. The third-order valence-corrected chi connectivity index (χ3v) is 2.92. The van der Waals surface area contributed by atoms with E-state index >= 15 is 0 Å². The lowest BCUT2D eigenvalue weighted by atomic mass is 9.99. The van der Waals surface area contributed by atoms with Crippen molar-refractivity contribution >= 4 is 23.9 Å². The lowest BCUT2D eigenvalue weighted by Crippen LogP contribution is -2.61. The molecule has 9 nitrogen and oxygen atoms in total. The van der Waals surface area contributed by atoms with Gasteiger partial charge in [0.1, 0.15) is 0 Å². The van der Waals surface area contributed by atoms with E-state index in [-0.39, 0.29) is 0 Å². The van der Waals surface area contributed by atoms with Crippen LogP contribution in [0.2, 0.25) is 0 Å². The molecule has 1 fully saturated rings. The summed E-state index contributed by atoms with van der Waals surface area (Å²) in [6.07, 6.45) is -5.51. The Morgan fingerprint density at radius 2 is 1.04 bits per heavy atom. The van der Waals surface area contributed by atoms with Crippen LogP contribution in [0.1, 0.15) is 34.6 Å². The number of ether oxygens (including phenoxy) is 5. The van der Waals surface area contributed by atoms with Gasteiger partial charge < -0.3 is 23.7 Å². The Hall–Kier alpha value is -2.16. The zero-order valence-corrected chi connectivity index (χ0v) is 13.6. The maximum Gasteiger partial charge on any atom is 0.305 e. The first-order valence-electron chi connectivity index (χ1n) is 6.96. The van der Waals surface area contributed by atoms with Crippen molar-refractivity contribution in [1.29, 1.82) is 0 Å². The molecule has 1 rings (SSSR count). The molecule has 9 heteroatoms. The van der Waals surface area contributed by atoms with Gasteiger partial charge in [-0.05, 0) is 6.92 Å². The molecule has 1 aliphatic rings. The zero-order chi connectivity index (χ0) is 17.7. The van der Waals surface area contributed by atoms with Gasteiger partial charge in [0.15, 0.2) is 12.2 Å². The molecule has 0 aliphatic carbocycles. The first kappa shape index (κ1) is 18.9. The van der Waals surface area contributed by atoms with E-state index in [2.05, 4.69) is 0 Å². The Morgan fingerprint density at radius 1 is 0.652 bits per heavy atom. The van der Waals surface area contributed by atoms with E-state index < -0.39 is 54.6 Å². The maximum atomic E-state index is 11.4. The van der Waals surface area contributed by atoms with Crippen LogP contribution in [-0.4, -0.2) is 54.6 Å². The molecule has 0 N–H and O–H groups in total. The Bertz CT molecular complexity index is 487. The largest absolute Gasteiger partial charge is 0.456 e. The van der Waals surface area contributed by atoms with E-state index in [1.165, 1.54) is 6.92 Å². The van der Waals surface area contributed by atoms with E-state index in [0.717, 1.165) is 20.8 Å². The molecule has 5 atom stereocenters. The van der Waals surface area contributed by atoms with Gasteiger partial charge in [-0.2, -0.15) is 0 Å². The third kappa shape index (κ3) is 5.51. The van der Waals surface area contributed by atoms with E-state index in [1.54, 1.807) is 6.92 Å². The van der Waals surface area contributed by atoms with Crippen LogP contribution < -0.4 is 0 Å². The smallest absolute Gasteiger partial charge is 0.305 e. The monoisotopic (exact) mass is 332 g/mol. The van der Waals surface area contributed by atoms with Gasteiger partial charge in [-0.1, -0.05) is 0 Å². The molecular formula is C14H20O9. The van der Waals surface area contributed by atoms with Gasteiger partial charge in [0.05, 0.1) is 6.10 Å². The fourth-order valence-corrected chi connectivity index (χ4v) is 2.23. The molecule has 3 unspecified atom stereocenters. The van der Waals surface area contributed by atoms with Crippen LogP contribution in [-0.2, 0) is 42.9 Å². The average molecular weight is 332 g/mol. The van der Waals surface area contributed by atoms with Crippen molar-refractivity contribution in [1.82, 2.24) is 0 Å². The minimum atomic E-state index is -1.29. The summed E-state index contributed by atoms with van der Waals surface area (Å²) < 4.78 is 25.7. The highest BCUT2D eigenvalue weighted by Gasteiger charge is 2.51. The fourth-order valence-electron chi connectivity index (χ4n) is 2.23. The van der Waals surface area contributed by atoms with Crippen molar-refractivity contribution in [3.05, 3.63) is 0 Å². The molecule has 23 heavy (non-hydrogen) atoms. The maximum absolute atomic E-state index is 11.4. The number of carbonyl (C=O) groups excluding carboxylic acids is 4. The average Bonchev–Trinajstić information content (AvgIpc) is 2.36. The standard InChI is InChI=1S/C14H20O9/c1-6-11(20-7(2)15)12(21-8(3)16)13(22-9(4)17)14(19-6)23-10(5)18/h6,11-14H,1-5H3/t6?,11-,12?,13+,14?/m1/s1. The lowest BCUT2D eigenvalue weighted by Gasteiger charge is -2.42. The minimum Gasteiger partial charge on any atom is -0.456 e. The van der Waals surface area contributed by atoms with E-state index in [4.69, 9.17) is 23.7 Å². The second-order valence-electron chi connectivity index (χ2n) is 5.04. The summed E-state index contributed by atoms with van der Waals surface area (Å²) >= 11 is 0. The molecule has 0 bridgehead atoms. The highest BCUT2D eigenvalue weighted by molar-refractivity contribution is 5.69. The van der Waals surface area contributed by atoms with Crippen molar-refractivity contribution in [3.8, 4) is 0 Å². The minimum absolute atomic E-state index is 0.630. The molecule has 0 aromatic rings. The summed E-state index contributed by atoms with van der Waals surface area (Å²) in [5.41, 5.74) is 0. The molecular weight excluding hydrogens is 312 g/mol. The molecule has 0 aromatic carbocycles. The van der Waals surface area contributed by atoms with Crippen LogP contribution >= 0.6 is 0 Å². The Morgan fingerprint density at radius 3 is 1.48 bits per heavy atom. The van der Waals surface area contributed by atoms with Gasteiger partial charge in [-0.25, -0.2) is 0 Å². The van der Waals surface area contributed by atoms with E-state index in [9.17, 15) is 19.2 Å². The fraction of sp³-hybridized carbons (Fsp3) is 0.714. The summed E-state index contributed by atoms with van der Waals surface area (Å²) in [5.74, 6) is -2.69. The van der Waals surface area contributed by atoms with Crippen LogP contribution in [0.25, 0.3) is 0 Å². The van der Waals surface area contributed by atoms with Gasteiger partial charge >= 0.3 is 23.9 Å². The van der Waals surface area contributed by atoms with Crippen LogP contribution in [0, 0.1) is 0 Å². The van der Waals surface area contributed by atoms with E-state index in [0.29, 0.717) is 0 Å². The van der Waals surface area contributed by atoms with Crippen LogP contribution in [0.15, 0.2) is 0 Å². The number of hydrogen-bond acceptors (Lipinski definition) is 9. The first-order chi connectivity index (χ1) is 10.6. The summed E-state index contributed by atoms with van der Waals surface area (Å²) in [4.78, 5) is 45.1. The van der Waals surface area contributed by atoms with Crippen molar-refractivity contribution in [2.45, 2.75) is 65.3 Å². The summed E-state index contributed by atoms with van der Waals surface area (Å²) in [5, 5.41) is 0. The predicted molar refractivity (Wildman–Crippen MR) is 72.8 cm³/mol. The first-order valence-corrected chi connectivity index (χ1v) is 6.96. The molecule has 0 radical (unpaired) electrons. The summed E-state index contributed by atoms with van der Waals surface area (Å²) in [7, 11) is 0. The molecule has 1 heterocycles. The number of carbonyl (C=O) groups is 4. The second-order valence-corrected chi connectivity index (χ2v) is 5.04. The van der Waals surface area contributed by atoms with Gasteiger partial charge in [-0.15, -0.1) is 0 Å². The van der Waals surface area contributed by atoms with Gasteiger partial charge in [-0.3, -0.25) is 19.2 Å². The molecule has 1 aliphatic heterocycles. The number of rotatable bonds is 4. The molecule has 130 valence electrons. The Labute approximate surface area is 133 Å². The highest BCUT2D eigenvalue weighted by Crippen LogP contribution is 2.29. The topological polar surface area (TPSA) is 114 Å². The predicted octanol–water partition coefficient (Wildman–Crippen LogP) is 0.0894. The lowest BCUT2D eigenvalue weighted by molar-refractivity contribution is -0.292. The molecule has 0 aromatic heterocycles. The zero-order valence-electron chi connectivity index (χ0n) is 13.6. The Balaban J connectivity index is 3.15. The normalized spacial score (nSPS) is 30.0. The van der Waals surface area contributed by atoms with E-state index in [1.807, 2.05) is 0 Å². The second kappa shape index (κ2) is 7.91. The SMILES string of the molecule is CC(=O)OC1OC(C)[C@@H](OC(C)=O)C(OC(C)=O)[C@@H]1OC(C)=O. The van der Waals surface area contributed by atoms with Crippen molar-refractivity contribution in [2.24, 2.45) is 0 Å². The Kier molecular flexibility index (Phi) is 6.49. The van der Waals surface area contributed by atoms with Crippen LogP contribution in [0.3, 0.4) is 0 Å². The summed E-state index contributed by atoms with van der Waals surface area (Å²) in [6.45, 7) is 6.16. The van der Waals surface area contributed by atoms with Gasteiger partial charge in [0.2, 0.25) is 12.4 Å². The molecule has 0 saturated carbocycles.